The molecule has 0 spiro atoms. The molecule has 1 heterocycles. The van der Waals surface area contributed by atoms with Crippen molar-refractivity contribution in [2.24, 2.45) is 0 Å². The number of aliphatic hydroxyl groups is 2. The van der Waals surface area contributed by atoms with Crippen LogP contribution < -0.4 is 0 Å². The Morgan fingerprint density at radius 1 is 0.692 bits per heavy atom. The normalized spacial score (nSPS) is 18.6. The molecule has 0 radical (unpaired) electrons. The molecule has 2 aromatic carbocycles. The molecule has 2 aromatic rings. The van der Waals surface area contributed by atoms with E-state index >= 15 is 0 Å². The SMILES string of the molecule is OC(CN1CCN(CC(O)c2ccccc2F)CC1)c1ccccc1F. The molecule has 6 heteroatoms. The zero-order chi connectivity index (χ0) is 18.5. The number of hydrogen-bond donors (Lipinski definition) is 2. The summed E-state index contributed by atoms with van der Waals surface area (Å²) in [7, 11) is 0. The summed E-state index contributed by atoms with van der Waals surface area (Å²) in [5, 5.41) is 20.5. The van der Waals surface area contributed by atoms with Gasteiger partial charge in [-0.05, 0) is 12.1 Å². The third-order valence-electron chi connectivity index (χ3n) is 4.86. The van der Waals surface area contributed by atoms with Crippen LogP contribution in [0.25, 0.3) is 0 Å². The summed E-state index contributed by atoms with van der Waals surface area (Å²) in [5.41, 5.74) is 0.620. The lowest BCUT2D eigenvalue weighted by Gasteiger charge is -2.36. The summed E-state index contributed by atoms with van der Waals surface area (Å²) < 4.78 is 27.5. The maximum Gasteiger partial charge on any atom is 0.129 e. The molecular weight excluding hydrogens is 338 g/mol. The minimum atomic E-state index is -0.869. The van der Waals surface area contributed by atoms with E-state index < -0.39 is 23.8 Å². The van der Waals surface area contributed by atoms with Gasteiger partial charge in [0.05, 0.1) is 12.2 Å². The topological polar surface area (TPSA) is 46.9 Å². The molecule has 26 heavy (non-hydrogen) atoms. The molecule has 2 N–H and O–H groups in total. The maximum atomic E-state index is 13.7. The smallest absolute Gasteiger partial charge is 0.129 e. The lowest BCUT2D eigenvalue weighted by atomic mass is 10.1. The summed E-state index contributed by atoms with van der Waals surface area (Å²) in [6.45, 7) is 3.55. The van der Waals surface area contributed by atoms with Crippen LogP contribution in [-0.4, -0.2) is 59.3 Å². The average Bonchev–Trinajstić information content (AvgIpc) is 2.64. The molecule has 0 bridgehead atoms. The van der Waals surface area contributed by atoms with Gasteiger partial charge in [0.25, 0.3) is 0 Å². The van der Waals surface area contributed by atoms with Crippen LogP contribution in [0.4, 0.5) is 8.78 Å². The van der Waals surface area contributed by atoms with Gasteiger partial charge in [0, 0.05) is 50.4 Å². The Morgan fingerprint density at radius 3 is 1.38 bits per heavy atom. The van der Waals surface area contributed by atoms with Crippen LogP contribution in [0.3, 0.4) is 0 Å². The van der Waals surface area contributed by atoms with Crippen LogP contribution in [0.1, 0.15) is 23.3 Å². The number of piperazine rings is 1. The molecule has 2 atom stereocenters. The molecule has 1 aliphatic heterocycles. The van der Waals surface area contributed by atoms with Crippen LogP contribution >= 0.6 is 0 Å². The number of β-amino-alcohol motifs (C(OH)–C–C–N with tert-alkyl or cyclic N) is 2. The fraction of sp³-hybridized carbons (Fsp3) is 0.400. The van der Waals surface area contributed by atoms with E-state index in [1.165, 1.54) is 12.1 Å². The van der Waals surface area contributed by atoms with Crippen molar-refractivity contribution in [3.63, 3.8) is 0 Å². The van der Waals surface area contributed by atoms with Crippen LogP contribution in [0.5, 0.6) is 0 Å². The van der Waals surface area contributed by atoms with Gasteiger partial charge in [-0.2, -0.15) is 0 Å². The van der Waals surface area contributed by atoms with Gasteiger partial charge in [0.15, 0.2) is 0 Å². The first-order chi connectivity index (χ1) is 12.5. The Kier molecular flexibility index (Phi) is 6.32. The average molecular weight is 362 g/mol. The van der Waals surface area contributed by atoms with E-state index in [4.69, 9.17) is 0 Å². The van der Waals surface area contributed by atoms with Crippen molar-refractivity contribution < 1.29 is 19.0 Å². The van der Waals surface area contributed by atoms with E-state index in [1.807, 2.05) is 0 Å². The fourth-order valence-corrected chi connectivity index (χ4v) is 3.33. The van der Waals surface area contributed by atoms with Crippen molar-refractivity contribution in [1.82, 2.24) is 9.80 Å². The van der Waals surface area contributed by atoms with Gasteiger partial charge in [0.2, 0.25) is 0 Å². The highest BCUT2D eigenvalue weighted by atomic mass is 19.1. The zero-order valence-corrected chi connectivity index (χ0v) is 14.6. The van der Waals surface area contributed by atoms with Gasteiger partial charge < -0.3 is 10.2 Å². The molecule has 0 aromatic heterocycles. The molecule has 2 unspecified atom stereocenters. The van der Waals surface area contributed by atoms with Crippen molar-refractivity contribution in [2.45, 2.75) is 12.2 Å². The van der Waals surface area contributed by atoms with Crippen LogP contribution in [0, 0.1) is 11.6 Å². The van der Waals surface area contributed by atoms with Crippen molar-refractivity contribution in [3.8, 4) is 0 Å². The lowest BCUT2D eigenvalue weighted by Crippen LogP contribution is -2.48. The molecule has 0 aliphatic carbocycles. The van der Waals surface area contributed by atoms with Gasteiger partial charge in [-0.1, -0.05) is 36.4 Å². The summed E-state index contributed by atoms with van der Waals surface area (Å²) in [6, 6.07) is 12.5. The molecule has 1 saturated heterocycles. The van der Waals surface area contributed by atoms with Crippen molar-refractivity contribution >= 4 is 0 Å². The summed E-state index contributed by atoms with van der Waals surface area (Å²) in [4.78, 5) is 4.15. The van der Waals surface area contributed by atoms with Crippen LogP contribution in [-0.2, 0) is 0 Å². The number of aliphatic hydroxyl groups excluding tert-OH is 2. The molecule has 3 rings (SSSR count). The number of benzene rings is 2. The highest BCUT2D eigenvalue weighted by Crippen LogP contribution is 2.20. The summed E-state index contributed by atoms with van der Waals surface area (Å²) in [6.07, 6.45) is -1.74. The highest BCUT2D eigenvalue weighted by molar-refractivity contribution is 5.21. The third kappa shape index (κ3) is 4.65. The number of rotatable bonds is 6. The second-order valence-electron chi connectivity index (χ2n) is 6.68. The Hall–Kier alpha value is -1.86. The lowest BCUT2D eigenvalue weighted by molar-refractivity contribution is 0.0465. The molecular formula is C20H24F2N2O2. The third-order valence-corrected chi connectivity index (χ3v) is 4.86. The molecule has 140 valence electrons. The number of nitrogens with zero attached hydrogens (tertiary/aromatic N) is 2. The monoisotopic (exact) mass is 362 g/mol. The molecule has 1 fully saturated rings. The molecule has 1 aliphatic rings. The van der Waals surface area contributed by atoms with E-state index in [1.54, 1.807) is 36.4 Å². The van der Waals surface area contributed by atoms with Gasteiger partial charge in [-0.15, -0.1) is 0 Å². The van der Waals surface area contributed by atoms with Gasteiger partial charge in [-0.3, -0.25) is 9.80 Å². The second kappa shape index (κ2) is 8.68. The van der Waals surface area contributed by atoms with E-state index in [-0.39, 0.29) is 0 Å². The minimum Gasteiger partial charge on any atom is -0.387 e. The van der Waals surface area contributed by atoms with E-state index in [0.717, 1.165) is 0 Å². The first kappa shape index (κ1) is 18.9. The van der Waals surface area contributed by atoms with Crippen molar-refractivity contribution in [2.75, 3.05) is 39.3 Å². The summed E-state index contributed by atoms with van der Waals surface area (Å²) in [5.74, 6) is -0.793. The Morgan fingerprint density at radius 2 is 1.04 bits per heavy atom. The summed E-state index contributed by atoms with van der Waals surface area (Å²) >= 11 is 0. The second-order valence-corrected chi connectivity index (χ2v) is 6.68. The van der Waals surface area contributed by atoms with Gasteiger partial charge in [0.1, 0.15) is 11.6 Å². The van der Waals surface area contributed by atoms with E-state index in [9.17, 15) is 19.0 Å². The minimum absolute atomic E-state index is 0.310. The van der Waals surface area contributed by atoms with E-state index in [0.29, 0.717) is 50.4 Å². The molecule has 0 amide bonds. The molecule has 0 saturated carbocycles. The Labute approximate surface area is 152 Å². The number of hydrogen-bond acceptors (Lipinski definition) is 4. The fourth-order valence-electron chi connectivity index (χ4n) is 3.33. The van der Waals surface area contributed by atoms with Crippen molar-refractivity contribution in [3.05, 3.63) is 71.3 Å². The molecule has 4 nitrogen and oxygen atoms in total. The highest BCUT2D eigenvalue weighted by Gasteiger charge is 2.23. The standard InChI is InChI=1S/C20H24F2N2O2/c21-17-7-3-1-5-15(17)19(25)13-23-9-11-24(12-10-23)14-20(26)16-6-2-4-8-18(16)22/h1-8,19-20,25-26H,9-14H2. The zero-order valence-electron chi connectivity index (χ0n) is 14.6. The number of halogens is 2. The van der Waals surface area contributed by atoms with Crippen molar-refractivity contribution in [1.29, 1.82) is 0 Å². The van der Waals surface area contributed by atoms with Crippen LogP contribution in [0.2, 0.25) is 0 Å². The Balaban J connectivity index is 1.48. The van der Waals surface area contributed by atoms with Crippen LogP contribution in [0.15, 0.2) is 48.5 Å². The first-order valence-corrected chi connectivity index (χ1v) is 8.84. The Bertz CT molecular complexity index is 659. The largest absolute Gasteiger partial charge is 0.387 e. The maximum absolute atomic E-state index is 13.7. The quantitative estimate of drug-likeness (QED) is 0.828. The van der Waals surface area contributed by atoms with Gasteiger partial charge >= 0.3 is 0 Å². The van der Waals surface area contributed by atoms with E-state index in [2.05, 4.69) is 9.80 Å². The predicted molar refractivity (Wildman–Crippen MR) is 95.6 cm³/mol. The first-order valence-electron chi connectivity index (χ1n) is 8.84. The predicted octanol–water partition coefficient (Wildman–Crippen LogP) is 2.35. The van der Waals surface area contributed by atoms with Gasteiger partial charge in [-0.25, -0.2) is 8.78 Å².